The highest BCUT2D eigenvalue weighted by molar-refractivity contribution is 5.80. The van der Waals surface area contributed by atoms with Gasteiger partial charge >= 0.3 is 0 Å². The Kier molecular flexibility index (Phi) is 3.71. The van der Waals surface area contributed by atoms with Crippen LogP contribution < -0.4 is 5.73 Å². The molecule has 1 aromatic rings. The van der Waals surface area contributed by atoms with Gasteiger partial charge in [-0.2, -0.15) is 0 Å². The van der Waals surface area contributed by atoms with Crippen molar-refractivity contribution < 1.29 is 4.79 Å². The van der Waals surface area contributed by atoms with Crippen LogP contribution >= 0.6 is 0 Å². The van der Waals surface area contributed by atoms with E-state index in [1.807, 2.05) is 24.1 Å². The normalized spacial score (nSPS) is 22.5. The lowest BCUT2D eigenvalue weighted by Gasteiger charge is -2.37. The van der Waals surface area contributed by atoms with Gasteiger partial charge < -0.3 is 5.73 Å². The number of primary amides is 1. The second-order valence-corrected chi connectivity index (χ2v) is 4.49. The number of likely N-dealkylation sites (N-methyl/N-ethyl adjacent to an activating group) is 1. The minimum absolute atomic E-state index is 0.175. The molecule has 0 aromatic carbocycles. The highest BCUT2D eigenvalue weighted by Crippen LogP contribution is 2.11. The molecule has 1 aliphatic rings. The van der Waals surface area contributed by atoms with Crippen LogP contribution in [-0.4, -0.2) is 53.4 Å². The van der Waals surface area contributed by atoms with E-state index in [2.05, 4.69) is 9.88 Å². The fourth-order valence-electron chi connectivity index (χ4n) is 2.13. The molecule has 1 aromatic heterocycles. The van der Waals surface area contributed by atoms with Crippen LogP contribution in [-0.2, 0) is 11.3 Å². The van der Waals surface area contributed by atoms with Crippen molar-refractivity contribution in [1.29, 1.82) is 0 Å². The molecule has 0 radical (unpaired) electrons. The number of hydrogen-bond donors (Lipinski definition) is 1. The monoisotopic (exact) mass is 234 g/mol. The summed E-state index contributed by atoms with van der Waals surface area (Å²) in [6, 6.07) is 3.82. The van der Waals surface area contributed by atoms with Crippen LogP contribution in [0.1, 0.15) is 5.56 Å². The number of carbonyl (C=O) groups excluding carboxylic acids is 1. The molecule has 1 atom stereocenters. The molecular weight excluding hydrogens is 216 g/mol. The largest absolute Gasteiger partial charge is 0.368 e. The van der Waals surface area contributed by atoms with E-state index in [1.54, 1.807) is 12.4 Å². The third-order valence-electron chi connectivity index (χ3n) is 3.22. The Balaban J connectivity index is 1.97. The van der Waals surface area contributed by atoms with E-state index >= 15 is 0 Å². The summed E-state index contributed by atoms with van der Waals surface area (Å²) >= 11 is 0. The van der Waals surface area contributed by atoms with Crippen molar-refractivity contribution in [2.24, 2.45) is 5.73 Å². The first-order valence-electron chi connectivity index (χ1n) is 5.77. The zero-order chi connectivity index (χ0) is 12.3. The summed E-state index contributed by atoms with van der Waals surface area (Å²) in [5, 5.41) is 0. The van der Waals surface area contributed by atoms with Gasteiger partial charge in [-0.15, -0.1) is 0 Å². The maximum Gasteiger partial charge on any atom is 0.236 e. The quantitative estimate of drug-likeness (QED) is 0.779. The van der Waals surface area contributed by atoms with Gasteiger partial charge in [-0.1, -0.05) is 0 Å². The SMILES string of the molecule is CN1CCN(Cc2ccncc2)C[C@H]1C(N)=O. The number of carbonyl (C=O) groups is 1. The lowest BCUT2D eigenvalue weighted by Crippen LogP contribution is -2.56. The number of rotatable bonds is 3. The zero-order valence-corrected chi connectivity index (χ0v) is 10.0. The Morgan fingerprint density at radius 1 is 1.47 bits per heavy atom. The number of piperazine rings is 1. The fraction of sp³-hybridized carbons (Fsp3) is 0.500. The third-order valence-corrected chi connectivity index (χ3v) is 3.22. The van der Waals surface area contributed by atoms with Gasteiger partial charge in [-0.05, 0) is 24.7 Å². The van der Waals surface area contributed by atoms with Crippen molar-refractivity contribution in [1.82, 2.24) is 14.8 Å². The number of nitrogens with two attached hydrogens (primary N) is 1. The van der Waals surface area contributed by atoms with Gasteiger partial charge in [0, 0.05) is 38.6 Å². The molecule has 1 saturated heterocycles. The second-order valence-electron chi connectivity index (χ2n) is 4.49. The van der Waals surface area contributed by atoms with E-state index in [1.165, 1.54) is 5.56 Å². The molecule has 1 aliphatic heterocycles. The second kappa shape index (κ2) is 5.25. The average Bonchev–Trinajstić information content (AvgIpc) is 2.32. The van der Waals surface area contributed by atoms with Crippen LogP contribution in [0.3, 0.4) is 0 Å². The Morgan fingerprint density at radius 2 is 2.18 bits per heavy atom. The van der Waals surface area contributed by atoms with Crippen molar-refractivity contribution >= 4 is 5.91 Å². The van der Waals surface area contributed by atoms with Crippen LogP contribution in [0.25, 0.3) is 0 Å². The van der Waals surface area contributed by atoms with Gasteiger partial charge in [0.2, 0.25) is 5.91 Å². The maximum absolute atomic E-state index is 11.3. The predicted molar refractivity (Wildman–Crippen MR) is 65.1 cm³/mol. The molecule has 0 bridgehead atoms. The molecule has 5 nitrogen and oxygen atoms in total. The Bertz CT molecular complexity index is 381. The number of pyridine rings is 1. The molecule has 0 saturated carbocycles. The van der Waals surface area contributed by atoms with E-state index in [0.717, 1.165) is 19.6 Å². The minimum atomic E-state index is -0.244. The van der Waals surface area contributed by atoms with Crippen LogP contribution in [0.2, 0.25) is 0 Å². The Labute approximate surface area is 101 Å². The predicted octanol–water partition coefficient (Wildman–Crippen LogP) is -0.317. The number of nitrogens with zero attached hydrogens (tertiary/aromatic N) is 3. The molecule has 0 unspecified atom stereocenters. The Hall–Kier alpha value is -1.46. The van der Waals surface area contributed by atoms with E-state index in [0.29, 0.717) is 6.54 Å². The van der Waals surface area contributed by atoms with Gasteiger partial charge in [0.25, 0.3) is 0 Å². The van der Waals surface area contributed by atoms with Crippen molar-refractivity contribution in [2.45, 2.75) is 12.6 Å². The van der Waals surface area contributed by atoms with Crippen LogP contribution in [0, 0.1) is 0 Å². The van der Waals surface area contributed by atoms with Crippen LogP contribution in [0.5, 0.6) is 0 Å². The smallest absolute Gasteiger partial charge is 0.236 e. The number of aromatic nitrogens is 1. The summed E-state index contributed by atoms with van der Waals surface area (Å²) in [6.07, 6.45) is 3.58. The van der Waals surface area contributed by atoms with Crippen LogP contribution in [0.15, 0.2) is 24.5 Å². The maximum atomic E-state index is 11.3. The van der Waals surface area contributed by atoms with Gasteiger partial charge in [-0.25, -0.2) is 0 Å². The molecule has 2 N–H and O–H groups in total. The number of amides is 1. The van der Waals surface area contributed by atoms with Crippen molar-refractivity contribution in [3.05, 3.63) is 30.1 Å². The molecule has 17 heavy (non-hydrogen) atoms. The van der Waals surface area contributed by atoms with Gasteiger partial charge in [0.1, 0.15) is 6.04 Å². The summed E-state index contributed by atoms with van der Waals surface area (Å²) in [7, 11) is 1.94. The average molecular weight is 234 g/mol. The summed E-state index contributed by atoms with van der Waals surface area (Å²) < 4.78 is 0. The van der Waals surface area contributed by atoms with E-state index in [4.69, 9.17) is 5.73 Å². The molecule has 0 aliphatic carbocycles. The molecular formula is C12H18N4O. The third kappa shape index (κ3) is 3.01. The standard InChI is InChI=1S/C12H18N4O/c1-15-6-7-16(9-11(15)12(13)17)8-10-2-4-14-5-3-10/h2-5,11H,6-9H2,1H3,(H2,13,17)/t11-/m0/s1. The fourth-order valence-corrected chi connectivity index (χ4v) is 2.13. The first-order chi connectivity index (χ1) is 8.16. The lowest BCUT2D eigenvalue weighted by atomic mass is 10.1. The van der Waals surface area contributed by atoms with Crippen molar-refractivity contribution in [3.8, 4) is 0 Å². The van der Waals surface area contributed by atoms with Crippen molar-refractivity contribution in [2.75, 3.05) is 26.7 Å². The zero-order valence-electron chi connectivity index (χ0n) is 10.0. The van der Waals surface area contributed by atoms with Gasteiger partial charge in [0.05, 0.1) is 0 Å². The summed E-state index contributed by atoms with van der Waals surface area (Å²) in [4.78, 5) is 19.6. The highest BCUT2D eigenvalue weighted by Gasteiger charge is 2.28. The molecule has 1 fully saturated rings. The summed E-state index contributed by atoms with van der Waals surface area (Å²) in [5.74, 6) is -0.244. The van der Waals surface area contributed by atoms with Crippen LogP contribution in [0.4, 0.5) is 0 Å². The van der Waals surface area contributed by atoms with Gasteiger partial charge in [-0.3, -0.25) is 19.6 Å². The van der Waals surface area contributed by atoms with Crippen molar-refractivity contribution in [3.63, 3.8) is 0 Å². The molecule has 2 rings (SSSR count). The van der Waals surface area contributed by atoms with E-state index in [9.17, 15) is 4.79 Å². The number of hydrogen-bond acceptors (Lipinski definition) is 4. The molecule has 92 valence electrons. The van der Waals surface area contributed by atoms with Gasteiger partial charge in [0.15, 0.2) is 0 Å². The molecule has 0 spiro atoms. The molecule has 2 heterocycles. The first kappa shape index (κ1) is 12.0. The molecule has 5 heteroatoms. The van der Waals surface area contributed by atoms with E-state index < -0.39 is 0 Å². The molecule has 1 amide bonds. The lowest BCUT2D eigenvalue weighted by molar-refractivity contribution is -0.125. The topological polar surface area (TPSA) is 62.5 Å². The first-order valence-corrected chi connectivity index (χ1v) is 5.77. The summed E-state index contributed by atoms with van der Waals surface area (Å²) in [6.45, 7) is 3.38. The summed E-state index contributed by atoms with van der Waals surface area (Å²) in [5.41, 5.74) is 6.61. The highest BCUT2D eigenvalue weighted by atomic mass is 16.1. The Morgan fingerprint density at radius 3 is 2.82 bits per heavy atom. The minimum Gasteiger partial charge on any atom is -0.368 e. The van der Waals surface area contributed by atoms with E-state index in [-0.39, 0.29) is 11.9 Å².